The van der Waals surface area contributed by atoms with Gasteiger partial charge in [0.15, 0.2) is 24.2 Å². The summed E-state index contributed by atoms with van der Waals surface area (Å²) in [6, 6.07) is 16.7. The molecule has 4 aromatic rings. The van der Waals surface area contributed by atoms with Gasteiger partial charge in [-0.1, -0.05) is 30.3 Å². The highest BCUT2D eigenvalue weighted by molar-refractivity contribution is 6.01. The van der Waals surface area contributed by atoms with Crippen molar-refractivity contribution in [3.8, 4) is 11.5 Å². The molecule has 2 aromatic carbocycles. The van der Waals surface area contributed by atoms with Crippen LogP contribution in [0, 0.1) is 13.8 Å². The van der Waals surface area contributed by atoms with Crippen LogP contribution >= 0.6 is 0 Å². The molecule has 0 saturated carbocycles. The summed E-state index contributed by atoms with van der Waals surface area (Å²) in [4.78, 5) is 25.8. The molecule has 8 nitrogen and oxygen atoms in total. The second-order valence-electron chi connectivity index (χ2n) is 8.73. The monoisotopic (exact) mass is 489 g/mol. The molecule has 0 radical (unpaired) electrons. The van der Waals surface area contributed by atoms with Gasteiger partial charge < -0.3 is 27.9 Å². The fourth-order valence-corrected chi connectivity index (χ4v) is 4.55. The van der Waals surface area contributed by atoms with Gasteiger partial charge in [-0.15, -0.1) is 0 Å². The topological polar surface area (TPSA) is 89.1 Å². The van der Waals surface area contributed by atoms with E-state index in [0.717, 1.165) is 22.5 Å². The van der Waals surface area contributed by atoms with Crippen LogP contribution in [0.4, 0.5) is 0 Å². The second-order valence-corrected chi connectivity index (χ2v) is 8.73. The molecule has 0 fully saturated rings. The van der Waals surface area contributed by atoms with E-state index in [4.69, 9.17) is 23.4 Å². The normalized spacial score (nSPS) is 14.7. The molecule has 1 aliphatic rings. The molecule has 0 aliphatic carbocycles. The fourth-order valence-electron chi connectivity index (χ4n) is 4.55. The highest BCUT2D eigenvalue weighted by Gasteiger charge is 2.26. The second kappa shape index (κ2) is 9.91. The van der Waals surface area contributed by atoms with Crippen LogP contribution in [0.5, 0.6) is 11.5 Å². The van der Waals surface area contributed by atoms with E-state index in [9.17, 15) is 9.59 Å². The molecule has 2 aromatic heterocycles. The third-order valence-electron chi connectivity index (χ3n) is 6.33. The molecule has 1 aliphatic heterocycles. The predicted molar refractivity (Wildman–Crippen MR) is 132 cm³/mol. The van der Waals surface area contributed by atoms with Crippen molar-refractivity contribution < 1.29 is 33.0 Å². The molecule has 0 saturated heterocycles. The zero-order chi connectivity index (χ0) is 25.2. The minimum Gasteiger partial charge on any atom is -0.486 e. The average Bonchev–Trinajstić information content (AvgIpc) is 3.40. The van der Waals surface area contributed by atoms with Crippen LogP contribution in [0.2, 0.25) is 0 Å². The molecule has 1 atom stereocenters. The summed E-state index contributed by atoms with van der Waals surface area (Å²) in [6.07, 6.45) is -0.197. The van der Waals surface area contributed by atoms with E-state index in [1.165, 1.54) is 0 Å². The maximum absolute atomic E-state index is 13.0. The Bertz CT molecular complexity index is 1430. The molecule has 1 unspecified atom stereocenters. The van der Waals surface area contributed by atoms with E-state index >= 15 is 0 Å². The highest BCUT2D eigenvalue weighted by atomic mass is 16.6. The predicted octanol–water partition coefficient (Wildman–Crippen LogP) is 4.88. The number of benzene rings is 2. The lowest BCUT2D eigenvalue weighted by Crippen LogP contribution is -2.33. The number of esters is 1. The van der Waals surface area contributed by atoms with Crippen molar-refractivity contribution in [2.75, 3.05) is 20.3 Å². The van der Waals surface area contributed by atoms with E-state index in [0.29, 0.717) is 35.6 Å². The van der Waals surface area contributed by atoms with Gasteiger partial charge in [0.2, 0.25) is 11.5 Å². The SMILES string of the molecule is COCc1c(C(=O)OCC(=O)c2cc(C)n(CC3COc4ccccc4O3)c2C)oc2ccccc12. The van der Waals surface area contributed by atoms with Gasteiger partial charge in [-0.05, 0) is 38.1 Å². The van der Waals surface area contributed by atoms with Crippen LogP contribution in [0.1, 0.15) is 37.9 Å². The smallest absolute Gasteiger partial charge is 0.375 e. The Labute approximate surface area is 208 Å². The van der Waals surface area contributed by atoms with E-state index in [1.54, 1.807) is 19.2 Å². The number of para-hydroxylation sites is 3. The minimum absolute atomic E-state index is 0.0473. The van der Waals surface area contributed by atoms with Crippen LogP contribution in [-0.4, -0.2) is 42.7 Å². The lowest BCUT2D eigenvalue weighted by molar-refractivity contribution is 0.0440. The third kappa shape index (κ3) is 4.47. The maximum Gasteiger partial charge on any atom is 0.375 e. The molecule has 36 heavy (non-hydrogen) atoms. The number of Topliss-reactive ketones (excluding diaryl/α,β-unsaturated/α-hetero) is 1. The standard InChI is InChI=1S/C28H27NO7/c1-17-12-21(18(2)29(17)13-19-14-33-25-10-6-7-11-26(25)35-19)23(30)16-34-28(31)27-22(15-32-3)20-8-4-5-9-24(20)36-27/h4-12,19H,13-16H2,1-3H3. The first-order valence-electron chi connectivity index (χ1n) is 11.7. The number of hydrogen-bond acceptors (Lipinski definition) is 7. The quantitative estimate of drug-likeness (QED) is 0.257. The number of nitrogens with zero attached hydrogens (tertiary/aromatic N) is 1. The number of furan rings is 1. The Kier molecular flexibility index (Phi) is 6.52. The molecule has 0 amide bonds. The zero-order valence-corrected chi connectivity index (χ0v) is 20.4. The Morgan fingerprint density at radius 3 is 2.61 bits per heavy atom. The number of hydrogen-bond donors (Lipinski definition) is 0. The van der Waals surface area contributed by atoms with Gasteiger partial charge >= 0.3 is 5.97 Å². The van der Waals surface area contributed by atoms with E-state index in [2.05, 4.69) is 0 Å². The summed E-state index contributed by atoms with van der Waals surface area (Å²) in [5.41, 5.74) is 3.34. The number of carbonyl (C=O) groups is 2. The maximum atomic E-state index is 13.0. The first-order valence-corrected chi connectivity index (χ1v) is 11.7. The largest absolute Gasteiger partial charge is 0.486 e. The van der Waals surface area contributed by atoms with Gasteiger partial charge in [-0.2, -0.15) is 0 Å². The molecular weight excluding hydrogens is 462 g/mol. The summed E-state index contributed by atoms with van der Waals surface area (Å²) < 4.78 is 30.2. The Balaban J connectivity index is 1.27. The number of carbonyl (C=O) groups excluding carboxylic acids is 2. The summed E-state index contributed by atoms with van der Waals surface area (Å²) in [5.74, 6) is 0.486. The van der Waals surface area contributed by atoms with E-state index < -0.39 is 12.6 Å². The summed E-state index contributed by atoms with van der Waals surface area (Å²) in [6.45, 7) is 4.53. The van der Waals surface area contributed by atoms with E-state index in [1.807, 2.05) is 60.9 Å². The zero-order valence-electron chi connectivity index (χ0n) is 20.4. The highest BCUT2D eigenvalue weighted by Crippen LogP contribution is 2.32. The molecule has 186 valence electrons. The third-order valence-corrected chi connectivity index (χ3v) is 6.33. The van der Waals surface area contributed by atoms with Gasteiger partial charge in [0.1, 0.15) is 12.2 Å². The molecule has 0 bridgehead atoms. The van der Waals surface area contributed by atoms with Gasteiger partial charge in [-0.3, -0.25) is 4.79 Å². The van der Waals surface area contributed by atoms with E-state index in [-0.39, 0.29) is 24.3 Å². The molecular formula is C28H27NO7. The lowest BCUT2D eigenvalue weighted by atomic mass is 10.1. The first-order chi connectivity index (χ1) is 17.5. The molecule has 3 heterocycles. The Hall–Kier alpha value is -4.04. The number of methoxy groups -OCH3 is 1. The van der Waals surface area contributed by atoms with Crippen LogP contribution in [0.3, 0.4) is 0 Å². The van der Waals surface area contributed by atoms with Crippen molar-refractivity contribution >= 4 is 22.7 Å². The van der Waals surface area contributed by atoms with Crippen molar-refractivity contribution in [2.24, 2.45) is 0 Å². The molecule has 0 spiro atoms. The summed E-state index contributed by atoms with van der Waals surface area (Å²) in [5, 5.41) is 0.776. The lowest BCUT2D eigenvalue weighted by Gasteiger charge is -2.27. The number of aryl methyl sites for hydroxylation is 1. The van der Waals surface area contributed by atoms with Gasteiger partial charge in [0.05, 0.1) is 13.2 Å². The van der Waals surface area contributed by atoms with Crippen molar-refractivity contribution in [3.05, 3.63) is 82.9 Å². The summed E-state index contributed by atoms with van der Waals surface area (Å²) >= 11 is 0. The molecule has 5 rings (SSSR count). The average molecular weight is 490 g/mol. The summed E-state index contributed by atoms with van der Waals surface area (Å²) in [7, 11) is 1.54. The number of fused-ring (bicyclic) bond motifs is 2. The molecule has 0 N–H and O–H groups in total. The van der Waals surface area contributed by atoms with Crippen LogP contribution in [0.25, 0.3) is 11.0 Å². The van der Waals surface area contributed by atoms with Crippen LogP contribution in [0.15, 0.2) is 59.0 Å². The van der Waals surface area contributed by atoms with Crippen molar-refractivity contribution in [2.45, 2.75) is 33.1 Å². The Morgan fingerprint density at radius 1 is 1.06 bits per heavy atom. The van der Waals surface area contributed by atoms with Crippen LogP contribution < -0.4 is 9.47 Å². The number of aromatic nitrogens is 1. The van der Waals surface area contributed by atoms with Crippen molar-refractivity contribution in [3.63, 3.8) is 0 Å². The van der Waals surface area contributed by atoms with Crippen molar-refractivity contribution in [1.29, 1.82) is 0 Å². The van der Waals surface area contributed by atoms with Gasteiger partial charge in [0.25, 0.3) is 0 Å². The van der Waals surface area contributed by atoms with Gasteiger partial charge in [-0.25, -0.2) is 4.79 Å². The minimum atomic E-state index is -0.702. The van der Waals surface area contributed by atoms with Crippen molar-refractivity contribution in [1.82, 2.24) is 4.57 Å². The number of ketones is 1. The number of ether oxygens (including phenoxy) is 4. The first kappa shape index (κ1) is 23.7. The molecule has 8 heteroatoms. The van der Waals surface area contributed by atoms with Gasteiger partial charge in [0, 0.05) is 35.0 Å². The van der Waals surface area contributed by atoms with Crippen LogP contribution in [-0.2, 0) is 22.6 Å². The fraction of sp³-hybridized carbons (Fsp3) is 0.286. The number of rotatable bonds is 8. The Morgan fingerprint density at radius 2 is 1.81 bits per heavy atom.